The number of aliphatic imine (C=N–C) groups is 1. The van der Waals surface area contributed by atoms with Gasteiger partial charge in [0.25, 0.3) is 0 Å². The van der Waals surface area contributed by atoms with Crippen LogP contribution in [0.25, 0.3) is 0 Å². The van der Waals surface area contributed by atoms with Gasteiger partial charge in [0.2, 0.25) is 0 Å². The molecule has 0 spiro atoms. The topological polar surface area (TPSA) is 128 Å². The molecule has 2 amide bonds. The highest BCUT2D eigenvalue weighted by molar-refractivity contribution is 7.11. The molecule has 2 atom stereocenters. The lowest BCUT2D eigenvalue weighted by Gasteiger charge is -2.38. The molecule has 0 aliphatic carbocycles. The van der Waals surface area contributed by atoms with E-state index in [4.69, 9.17) is 21.3 Å². The van der Waals surface area contributed by atoms with Crippen molar-refractivity contribution in [2.75, 3.05) is 44.7 Å². The van der Waals surface area contributed by atoms with Gasteiger partial charge in [-0.15, -0.1) is 11.3 Å². The van der Waals surface area contributed by atoms with Crippen LogP contribution in [0.4, 0.5) is 14.9 Å². The Bertz CT molecular complexity index is 1760. The molecule has 0 saturated carbocycles. The number of rotatable bonds is 8. The van der Waals surface area contributed by atoms with Crippen LogP contribution < -0.4 is 10.2 Å². The zero-order valence-electron chi connectivity index (χ0n) is 25.4. The molecular formula is C32H32ClFN6O5S. The highest BCUT2D eigenvalue weighted by Gasteiger charge is 2.43. The number of carboxylic acids is 1. The van der Waals surface area contributed by atoms with Crippen molar-refractivity contribution in [2.45, 2.75) is 31.3 Å². The number of aliphatic carboxylic acids is 1. The zero-order valence-corrected chi connectivity index (χ0v) is 26.9. The Kier molecular flexibility index (Phi) is 8.57. The highest BCUT2D eigenvalue weighted by atomic mass is 35.5. The van der Waals surface area contributed by atoms with Crippen LogP contribution >= 0.6 is 22.9 Å². The molecule has 3 aliphatic rings. The van der Waals surface area contributed by atoms with Crippen molar-refractivity contribution in [3.05, 3.63) is 92.3 Å². The Morgan fingerprint density at radius 1 is 1.20 bits per heavy atom. The number of amides is 2. The second-order valence-electron chi connectivity index (χ2n) is 11.8. The van der Waals surface area contributed by atoms with Crippen LogP contribution in [0, 0.1) is 5.82 Å². The van der Waals surface area contributed by atoms with Gasteiger partial charge in [0.05, 0.1) is 24.1 Å². The summed E-state index contributed by atoms with van der Waals surface area (Å²) in [5.74, 6) is -1.60. The number of ether oxygens (including phenoxy) is 1. The van der Waals surface area contributed by atoms with E-state index < -0.39 is 29.2 Å². The Morgan fingerprint density at radius 3 is 2.70 bits per heavy atom. The van der Waals surface area contributed by atoms with E-state index in [-0.39, 0.29) is 22.7 Å². The van der Waals surface area contributed by atoms with Gasteiger partial charge in [0, 0.05) is 66.3 Å². The molecule has 2 N–H and O–H groups in total. The lowest BCUT2D eigenvalue weighted by molar-refractivity contribution is -0.142. The summed E-state index contributed by atoms with van der Waals surface area (Å²) in [6.07, 6.45) is 1.66. The fraction of sp³-hybridized carbons (Fsp3) is 0.344. The molecule has 0 unspecified atom stereocenters. The third kappa shape index (κ3) is 5.85. The summed E-state index contributed by atoms with van der Waals surface area (Å²) in [5, 5.41) is 15.6. The van der Waals surface area contributed by atoms with Crippen LogP contribution in [0.2, 0.25) is 5.02 Å². The first-order valence-corrected chi connectivity index (χ1v) is 15.9. The number of nitrogens with one attached hydrogen (secondary N) is 1. The average Bonchev–Trinajstić information content (AvgIpc) is 3.69. The van der Waals surface area contributed by atoms with E-state index in [1.807, 2.05) is 16.3 Å². The van der Waals surface area contributed by atoms with E-state index in [0.29, 0.717) is 66.1 Å². The molecule has 11 nitrogen and oxygen atoms in total. The van der Waals surface area contributed by atoms with Crippen molar-refractivity contribution in [3.63, 3.8) is 0 Å². The van der Waals surface area contributed by atoms with Crippen LogP contribution in [0.1, 0.15) is 36.0 Å². The van der Waals surface area contributed by atoms with Crippen molar-refractivity contribution in [2.24, 2.45) is 4.99 Å². The standard InChI is InChI=1S/C32H32ClFN6O5S/c1-32(2,30(42)43)18-5-4-6-20(13-18)40-16-21-15-38(10-11-39(21)31(40)44)17-24-25(29(41)45-3)26(22-8-7-19(34)14-23(22)33)37-27(36-24)28-35-9-12-46-28/h4-9,12-14,21,26H,10-11,15-17H2,1-3H3,(H,36,37)(H,42,43)/t21-,26-/m0/s1. The molecule has 2 aromatic carbocycles. The number of anilines is 1. The number of methoxy groups -OCH3 is 1. The van der Waals surface area contributed by atoms with E-state index in [9.17, 15) is 23.9 Å². The molecule has 0 radical (unpaired) electrons. The van der Waals surface area contributed by atoms with Gasteiger partial charge in [-0.2, -0.15) is 0 Å². The molecule has 14 heteroatoms. The van der Waals surface area contributed by atoms with Gasteiger partial charge in [-0.1, -0.05) is 29.8 Å². The number of fused-ring (bicyclic) bond motifs is 1. The number of carbonyl (C=O) groups is 3. The van der Waals surface area contributed by atoms with Gasteiger partial charge in [-0.25, -0.2) is 19.0 Å². The summed E-state index contributed by atoms with van der Waals surface area (Å²) in [5.41, 5.74) is 1.39. The molecule has 6 rings (SSSR count). The number of piperazine rings is 1. The molecule has 0 bridgehead atoms. The number of aromatic nitrogens is 1. The summed E-state index contributed by atoms with van der Waals surface area (Å²) in [7, 11) is 1.29. The van der Waals surface area contributed by atoms with Crippen LogP contribution in [0.3, 0.4) is 0 Å². The predicted molar refractivity (Wildman–Crippen MR) is 172 cm³/mol. The predicted octanol–water partition coefficient (Wildman–Crippen LogP) is 4.44. The smallest absolute Gasteiger partial charge is 0.338 e. The summed E-state index contributed by atoms with van der Waals surface area (Å²) in [6.45, 7) is 5.52. The Hall–Kier alpha value is -4.33. The monoisotopic (exact) mass is 666 g/mol. The number of hydrogen-bond acceptors (Lipinski definition) is 9. The third-order valence-electron chi connectivity index (χ3n) is 8.66. The van der Waals surface area contributed by atoms with Crippen LogP contribution in [-0.4, -0.2) is 89.6 Å². The molecular weight excluding hydrogens is 635 g/mol. The first kappa shape index (κ1) is 31.6. The van der Waals surface area contributed by atoms with Gasteiger partial charge in [-0.05, 0) is 43.7 Å². The minimum atomic E-state index is -1.11. The first-order valence-electron chi connectivity index (χ1n) is 14.6. The number of urea groups is 1. The molecule has 1 aromatic heterocycles. The van der Waals surface area contributed by atoms with E-state index in [1.54, 1.807) is 43.1 Å². The zero-order chi connectivity index (χ0) is 32.7. The van der Waals surface area contributed by atoms with Crippen molar-refractivity contribution >= 4 is 52.4 Å². The fourth-order valence-corrected chi connectivity index (χ4v) is 6.87. The van der Waals surface area contributed by atoms with Crippen molar-refractivity contribution in [3.8, 4) is 0 Å². The second-order valence-corrected chi connectivity index (χ2v) is 13.1. The van der Waals surface area contributed by atoms with E-state index in [1.165, 1.54) is 36.6 Å². The fourth-order valence-electron chi connectivity index (χ4n) is 6.01. The normalized spacial score (nSPS) is 20.4. The number of nitrogens with zero attached hydrogens (tertiary/aromatic N) is 5. The quantitative estimate of drug-likeness (QED) is 0.338. The number of amidine groups is 1. The van der Waals surface area contributed by atoms with Crippen LogP contribution in [-0.2, 0) is 19.7 Å². The lowest BCUT2D eigenvalue weighted by atomic mass is 9.84. The van der Waals surface area contributed by atoms with Crippen molar-refractivity contribution < 1.29 is 28.6 Å². The Labute approximate surface area is 273 Å². The Balaban J connectivity index is 1.28. The summed E-state index contributed by atoms with van der Waals surface area (Å²) in [6, 6.07) is 9.94. The van der Waals surface area contributed by atoms with E-state index in [2.05, 4.69) is 15.2 Å². The van der Waals surface area contributed by atoms with Crippen molar-refractivity contribution in [1.82, 2.24) is 20.1 Å². The third-order valence-corrected chi connectivity index (χ3v) is 9.76. The average molecular weight is 667 g/mol. The first-order chi connectivity index (χ1) is 22.0. The highest BCUT2D eigenvalue weighted by Crippen LogP contribution is 2.37. The van der Waals surface area contributed by atoms with Gasteiger partial charge in [0.1, 0.15) is 11.9 Å². The Morgan fingerprint density at radius 2 is 2.00 bits per heavy atom. The van der Waals surface area contributed by atoms with E-state index >= 15 is 0 Å². The molecule has 2 saturated heterocycles. The molecule has 46 heavy (non-hydrogen) atoms. The number of halogens is 2. The summed E-state index contributed by atoms with van der Waals surface area (Å²) < 4.78 is 19.2. The van der Waals surface area contributed by atoms with Gasteiger partial charge in [0.15, 0.2) is 10.8 Å². The van der Waals surface area contributed by atoms with Gasteiger partial charge < -0.3 is 20.1 Å². The second kappa shape index (κ2) is 12.5. The van der Waals surface area contributed by atoms with Crippen LogP contribution in [0.5, 0.6) is 0 Å². The molecule has 2 fully saturated rings. The molecule has 240 valence electrons. The molecule has 3 aliphatic heterocycles. The van der Waals surface area contributed by atoms with E-state index in [0.717, 1.165) is 0 Å². The number of thiazole rings is 1. The summed E-state index contributed by atoms with van der Waals surface area (Å²) >= 11 is 7.86. The largest absolute Gasteiger partial charge is 0.481 e. The number of carboxylic acid groups (broad SMARTS) is 1. The number of hydrogen-bond donors (Lipinski definition) is 2. The molecule has 4 heterocycles. The number of esters is 1. The SMILES string of the molecule is COC(=O)C1=C(CN2CCN3C(=O)N(c4cccc(C(C)(C)C(=O)O)c4)C[C@@H]3C2)NC(c2nccs2)=N[C@H]1c1ccc(F)cc1Cl. The maximum Gasteiger partial charge on any atom is 0.338 e. The van der Waals surface area contributed by atoms with Gasteiger partial charge >= 0.3 is 18.0 Å². The maximum atomic E-state index is 14.0. The molecule has 3 aromatic rings. The number of benzene rings is 2. The number of carbonyl (C=O) groups excluding carboxylic acids is 2. The maximum absolute atomic E-state index is 14.0. The minimum absolute atomic E-state index is 0.129. The minimum Gasteiger partial charge on any atom is -0.481 e. The van der Waals surface area contributed by atoms with Crippen molar-refractivity contribution in [1.29, 1.82) is 0 Å². The lowest BCUT2D eigenvalue weighted by Crippen LogP contribution is -2.53. The van der Waals surface area contributed by atoms with Crippen LogP contribution in [0.15, 0.2) is 70.3 Å². The van der Waals surface area contributed by atoms with Gasteiger partial charge in [-0.3, -0.25) is 19.6 Å². The summed E-state index contributed by atoms with van der Waals surface area (Å²) in [4.78, 5) is 53.5.